The molecule has 7 heteroatoms. The van der Waals surface area contributed by atoms with Crippen LogP contribution in [0.2, 0.25) is 0 Å². The van der Waals surface area contributed by atoms with Crippen LogP contribution >= 0.6 is 0 Å². The van der Waals surface area contributed by atoms with Gasteiger partial charge in [-0.3, -0.25) is 4.79 Å². The first-order chi connectivity index (χ1) is 6.96. The van der Waals surface area contributed by atoms with Gasteiger partial charge in [-0.1, -0.05) is 5.16 Å². The smallest absolute Gasteiger partial charge is 0.277 e. The van der Waals surface area contributed by atoms with E-state index in [1.54, 1.807) is 0 Å². The van der Waals surface area contributed by atoms with Crippen LogP contribution in [-0.2, 0) is 0 Å². The van der Waals surface area contributed by atoms with Crippen LogP contribution in [0, 0.1) is 6.92 Å². The first-order valence-corrected chi connectivity index (χ1v) is 4.23. The maximum Gasteiger partial charge on any atom is 0.277 e. The lowest BCUT2D eigenvalue weighted by Crippen LogP contribution is -2.41. The van der Waals surface area contributed by atoms with Crippen LogP contribution in [-0.4, -0.2) is 30.1 Å². The molecular formula is C8H11F2N3O2. The van der Waals surface area contributed by atoms with Gasteiger partial charge in [-0.25, -0.2) is 8.78 Å². The Bertz CT molecular complexity index is 351. The lowest BCUT2D eigenvalue weighted by atomic mass is 10.2. The summed E-state index contributed by atoms with van der Waals surface area (Å²) in [5, 5.41) is 5.41. The summed E-state index contributed by atoms with van der Waals surface area (Å²) in [5.74, 6) is -3.47. The molecule has 0 unspecified atom stereocenters. The van der Waals surface area contributed by atoms with Crippen molar-refractivity contribution in [3.05, 3.63) is 17.5 Å². The van der Waals surface area contributed by atoms with Crippen LogP contribution in [0.15, 0.2) is 10.7 Å². The number of carbonyl (C=O) groups excluding carboxylic acids is 1. The normalized spacial score (nSPS) is 11.5. The van der Waals surface area contributed by atoms with Gasteiger partial charge in [-0.2, -0.15) is 0 Å². The number of aryl methyl sites for hydroxylation is 1. The molecule has 3 N–H and O–H groups in total. The van der Waals surface area contributed by atoms with E-state index in [4.69, 9.17) is 5.73 Å². The molecule has 0 saturated carbocycles. The SMILES string of the molecule is Cc1oncc1C(=O)NCC(F)(F)CN. The number of carbonyl (C=O) groups is 1. The molecule has 1 aromatic heterocycles. The first-order valence-electron chi connectivity index (χ1n) is 4.23. The summed E-state index contributed by atoms with van der Waals surface area (Å²) in [6.45, 7) is -0.0914. The summed E-state index contributed by atoms with van der Waals surface area (Å²) in [4.78, 5) is 11.3. The molecular weight excluding hydrogens is 208 g/mol. The van der Waals surface area contributed by atoms with E-state index in [0.717, 1.165) is 0 Å². The van der Waals surface area contributed by atoms with Gasteiger partial charge in [-0.15, -0.1) is 0 Å². The maximum atomic E-state index is 12.7. The van der Waals surface area contributed by atoms with Crippen molar-refractivity contribution in [3.63, 3.8) is 0 Å². The Kier molecular flexibility index (Phi) is 3.35. The van der Waals surface area contributed by atoms with Crippen LogP contribution in [0.4, 0.5) is 8.78 Å². The third-order valence-electron chi connectivity index (χ3n) is 1.80. The molecule has 1 aromatic rings. The molecule has 1 amide bonds. The molecule has 15 heavy (non-hydrogen) atoms. The summed E-state index contributed by atoms with van der Waals surface area (Å²) in [6, 6.07) is 0. The number of hydrogen-bond acceptors (Lipinski definition) is 4. The maximum absolute atomic E-state index is 12.7. The molecule has 0 aliphatic heterocycles. The summed E-state index contributed by atoms with van der Waals surface area (Å²) < 4.78 is 30.0. The lowest BCUT2D eigenvalue weighted by molar-refractivity contribution is 0.0118. The molecule has 0 aliphatic carbocycles. The van der Waals surface area contributed by atoms with Crippen LogP contribution in [0.1, 0.15) is 16.1 Å². The fourth-order valence-electron chi connectivity index (χ4n) is 0.894. The van der Waals surface area contributed by atoms with Crippen molar-refractivity contribution in [2.45, 2.75) is 12.8 Å². The Morgan fingerprint density at radius 3 is 2.87 bits per heavy atom. The Balaban J connectivity index is 2.55. The summed E-state index contributed by atoms with van der Waals surface area (Å²) >= 11 is 0. The van der Waals surface area contributed by atoms with Gasteiger partial charge in [0.05, 0.1) is 19.3 Å². The molecule has 0 spiro atoms. The molecule has 0 saturated heterocycles. The number of nitrogens with zero attached hydrogens (tertiary/aromatic N) is 1. The topological polar surface area (TPSA) is 81.2 Å². The molecule has 0 aliphatic rings. The fourth-order valence-corrected chi connectivity index (χ4v) is 0.894. The Morgan fingerprint density at radius 1 is 1.73 bits per heavy atom. The summed E-state index contributed by atoms with van der Waals surface area (Å²) in [7, 11) is 0. The summed E-state index contributed by atoms with van der Waals surface area (Å²) in [6.07, 6.45) is 1.17. The predicted octanol–water partition coefficient (Wildman–Crippen LogP) is 0.307. The number of amides is 1. The van der Waals surface area contributed by atoms with E-state index in [9.17, 15) is 13.6 Å². The van der Waals surface area contributed by atoms with Crippen molar-refractivity contribution in [1.29, 1.82) is 0 Å². The molecule has 1 heterocycles. The molecule has 0 radical (unpaired) electrons. The second-order valence-electron chi connectivity index (χ2n) is 3.04. The highest BCUT2D eigenvalue weighted by Gasteiger charge is 2.27. The zero-order valence-corrected chi connectivity index (χ0v) is 8.09. The Hall–Kier alpha value is -1.50. The molecule has 84 valence electrons. The minimum Gasteiger partial charge on any atom is -0.361 e. The predicted molar refractivity (Wildman–Crippen MR) is 47.6 cm³/mol. The summed E-state index contributed by atoms with van der Waals surface area (Å²) in [5.41, 5.74) is 4.95. The second kappa shape index (κ2) is 4.35. The molecule has 0 atom stereocenters. The van der Waals surface area contributed by atoms with Gasteiger partial charge in [0.1, 0.15) is 11.3 Å². The van der Waals surface area contributed by atoms with E-state index in [0.29, 0.717) is 0 Å². The van der Waals surface area contributed by atoms with Crippen molar-refractivity contribution in [3.8, 4) is 0 Å². The second-order valence-corrected chi connectivity index (χ2v) is 3.04. The van der Waals surface area contributed by atoms with Crippen LogP contribution in [0.25, 0.3) is 0 Å². The molecule has 5 nitrogen and oxygen atoms in total. The molecule has 0 aromatic carbocycles. The number of nitrogens with two attached hydrogens (primary N) is 1. The van der Waals surface area contributed by atoms with Crippen LogP contribution in [0.5, 0.6) is 0 Å². The third-order valence-corrected chi connectivity index (χ3v) is 1.80. The van der Waals surface area contributed by atoms with E-state index in [1.165, 1.54) is 13.1 Å². The molecule has 0 fully saturated rings. The quantitative estimate of drug-likeness (QED) is 0.763. The van der Waals surface area contributed by atoms with E-state index in [-0.39, 0.29) is 11.3 Å². The first kappa shape index (κ1) is 11.6. The fraction of sp³-hybridized carbons (Fsp3) is 0.500. The number of hydrogen-bond donors (Lipinski definition) is 2. The van der Waals surface area contributed by atoms with Crippen molar-refractivity contribution in [1.82, 2.24) is 10.5 Å². The van der Waals surface area contributed by atoms with Gasteiger partial charge in [-0.05, 0) is 6.92 Å². The molecule has 1 rings (SSSR count). The van der Waals surface area contributed by atoms with Crippen LogP contribution in [0.3, 0.4) is 0 Å². The zero-order valence-electron chi connectivity index (χ0n) is 8.09. The van der Waals surface area contributed by atoms with Crippen molar-refractivity contribution in [2.75, 3.05) is 13.1 Å². The minimum atomic E-state index is -3.10. The minimum absolute atomic E-state index is 0.142. The Labute approximate surface area is 84.6 Å². The average Bonchev–Trinajstić information content (AvgIpc) is 2.61. The van der Waals surface area contributed by atoms with Crippen molar-refractivity contribution < 1.29 is 18.1 Å². The zero-order chi connectivity index (χ0) is 11.5. The molecule has 0 bridgehead atoms. The van der Waals surface area contributed by atoms with E-state index in [1.807, 2.05) is 5.32 Å². The number of halogens is 2. The van der Waals surface area contributed by atoms with E-state index >= 15 is 0 Å². The number of rotatable bonds is 4. The highest BCUT2D eigenvalue weighted by Crippen LogP contribution is 2.10. The van der Waals surface area contributed by atoms with Crippen LogP contribution < -0.4 is 11.1 Å². The van der Waals surface area contributed by atoms with Gasteiger partial charge in [0.2, 0.25) is 0 Å². The Morgan fingerprint density at radius 2 is 2.40 bits per heavy atom. The van der Waals surface area contributed by atoms with Gasteiger partial charge in [0, 0.05) is 0 Å². The van der Waals surface area contributed by atoms with E-state index in [2.05, 4.69) is 9.68 Å². The number of aromatic nitrogens is 1. The highest BCUT2D eigenvalue weighted by molar-refractivity contribution is 5.94. The van der Waals surface area contributed by atoms with E-state index < -0.39 is 24.9 Å². The standard InChI is InChI=1S/C8H11F2N3O2/c1-5-6(2-13-15-5)7(14)12-4-8(9,10)3-11/h2H,3-4,11H2,1H3,(H,12,14). The highest BCUT2D eigenvalue weighted by atomic mass is 19.3. The monoisotopic (exact) mass is 219 g/mol. The number of alkyl halides is 2. The number of nitrogens with one attached hydrogen (secondary N) is 1. The van der Waals surface area contributed by atoms with Gasteiger partial charge >= 0.3 is 0 Å². The average molecular weight is 219 g/mol. The van der Waals surface area contributed by atoms with Gasteiger partial charge in [0.25, 0.3) is 11.8 Å². The lowest BCUT2D eigenvalue weighted by Gasteiger charge is -2.13. The van der Waals surface area contributed by atoms with Gasteiger partial charge < -0.3 is 15.6 Å². The van der Waals surface area contributed by atoms with Gasteiger partial charge in [0.15, 0.2) is 0 Å². The van der Waals surface area contributed by atoms with Crippen molar-refractivity contribution >= 4 is 5.91 Å². The van der Waals surface area contributed by atoms with Crippen molar-refractivity contribution in [2.24, 2.45) is 5.73 Å². The largest absolute Gasteiger partial charge is 0.361 e. The third kappa shape index (κ3) is 2.98.